The monoisotopic (exact) mass is 329 g/mol. The van der Waals surface area contributed by atoms with Gasteiger partial charge in [-0.3, -0.25) is 9.59 Å². The van der Waals surface area contributed by atoms with Crippen LogP contribution >= 0.6 is 12.4 Å². The summed E-state index contributed by atoms with van der Waals surface area (Å²) < 4.78 is 5.10. The number of amides is 2. The SMILES string of the molecule is Cc1ccoc1C(=O)NCCCNC(=O)CNCC1CC1.Cl. The minimum Gasteiger partial charge on any atom is -0.459 e. The average Bonchev–Trinajstić information content (AvgIpc) is 3.18. The number of rotatable bonds is 9. The second-order valence-corrected chi connectivity index (χ2v) is 5.47. The molecular weight excluding hydrogens is 306 g/mol. The molecule has 1 aliphatic rings. The minimum atomic E-state index is -0.213. The van der Waals surface area contributed by atoms with Crippen molar-refractivity contribution < 1.29 is 14.0 Å². The van der Waals surface area contributed by atoms with Gasteiger partial charge in [0.05, 0.1) is 12.8 Å². The van der Waals surface area contributed by atoms with E-state index < -0.39 is 0 Å². The maximum atomic E-state index is 11.7. The number of carbonyl (C=O) groups is 2. The van der Waals surface area contributed by atoms with Gasteiger partial charge < -0.3 is 20.4 Å². The lowest BCUT2D eigenvalue weighted by Gasteiger charge is -2.07. The fourth-order valence-electron chi connectivity index (χ4n) is 1.98. The standard InChI is InChI=1S/C15H23N3O3.ClH/c1-11-5-8-21-14(11)15(20)18-7-2-6-17-13(19)10-16-9-12-3-4-12;/h5,8,12,16H,2-4,6-7,9-10H2,1H3,(H,17,19)(H,18,20);1H. The van der Waals surface area contributed by atoms with Gasteiger partial charge in [0.15, 0.2) is 5.76 Å². The molecule has 0 radical (unpaired) electrons. The van der Waals surface area contributed by atoms with Crippen LogP contribution in [-0.2, 0) is 4.79 Å². The molecule has 0 unspecified atom stereocenters. The van der Waals surface area contributed by atoms with Gasteiger partial charge >= 0.3 is 0 Å². The van der Waals surface area contributed by atoms with Crippen molar-refractivity contribution in [3.8, 4) is 0 Å². The molecule has 3 N–H and O–H groups in total. The lowest BCUT2D eigenvalue weighted by molar-refractivity contribution is -0.120. The summed E-state index contributed by atoms with van der Waals surface area (Å²) in [6.07, 6.45) is 4.76. The molecule has 124 valence electrons. The van der Waals surface area contributed by atoms with E-state index in [0.717, 1.165) is 18.0 Å². The summed E-state index contributed by atoms with van der Waals surface area (Å²) in [4.78, 5) is 23.2. The predicted octanol–water partition coefficient (Wildman–Crippen LogP) is 1.25. The van der Waals surface area contributed by atoms with Crippen LogP contribution in [0, 0.1) is 12.8 Å². The molecule has 1 fully saturated rings. The number of carbonyl (C=O) groups excluding carboxylic acids is 2. The predicted molar refractivity (Wildman–Crippen MR) is 86.2 cm³/mol. The van der Waals surface area contributed by atoms with Gasteiger partial charge in [-0.1, -0.05) is 0 Å². The molecule has 0 atom stereocenters. The van der Waals surface area contributed by atoms with E-state index >= 15 is 0 Å². The zero-order valence-corrected chi connectivity index (χ0v) is 13.6. The Morgan fingerprint density at radius 1 is 1.27 bits per heavy atom. The smallest absolute Gasteiger partial charge is 0.287 e. The molecule has 0 bridgehead atoms. The zero-order valence-electron chi connectivity index (χ0n) is 12.8. The van der Waals surface area contributed by atoms with E-state index in [0.29, 0.717) is 31.8 Å². The molecule has 1 heterocycles. The van der Waals surface area contributed by atoms with Gasteiger partial charge in [-0.15, -0.1) is 12.4 Å². The lowest BCUT2D eigenvalue weighted by atomic mass is 10.2. The van der Waals surface area contributed by atoms with Crippen LogP contribution in [0.3, 0.4) is 0 Å². The molecule has 0 spiro atoms. The molecule has 6 nitrogen and oxygen atoms in total. The molecule has 1 aromatic heterocycles. The number of hydrogen-bond acceptors (Lipinski definition) is 4. The van der Waals surface area contributed by atoms with E-state index in [4.69, 9.17) is 4.42 Å². The lowest BCUT2D eigenvalue weighted by Crippen LogP contribution is -2.36. The molecule has 7 heteroatoms. The van der Waals surface area contributed by atoms with Crippen molar-refractivity contribution in [1.29, 1.82) is 0 Å². The van der Waals surface area contributed by atoms with E-state index in [9.17, 15) is 9.59 Å². The Morgan fingerprint density at radius 3 is 2.64 bits per heavy atom. The quantitative estimate of drug-likeness (QED) is 0.595. The molecule has 1 aromatic rings. The van der Waals surface area contributed by atoms with Crippen LogP contribution < -0.4 is 16.0 Å². The first-order valence-electron chi connectivity index (χ1n) is 7.46. The number of halogens is 1. The second kappa shape index (κ2) is 9.48. The Bertz CT molecular complexity index is 486. The molecule has 0 aliphatic heterocycles. The Morgan fingerprint density at radius 2 is 2.00 bits per heavy atom. The van der Waals surface area contributed by atoms with Crippen LogP contribution in [0.1, 0.15) is 35.4 Å². The van der Waals surface area contributed by atoms with Crippen LogP contribution in [0.5, 0.6) is 0 Å². The first-order chi connectivity index (χ1) is 10.2. The fraction of sp³-hybridized carbons (Fsp3) is 0.600. The van der Waals surface area contributed by atoms with Crippen molar-refractivity contribution in [3.05, 3.63) is 23.7 Å². The minimum absolute atomic E-state index is 0. The summed E-state index contributed by atoms with van der Waals surface area (Å²) in [5, 5.41) is 8.72. The third-order valence-corrected chi connectivity index (χ3v) is 3.45. The van der Waals surface area contributed by atoms with Gasteiger partial charge in [0.2, 0.25) is 5.91 Å². The van der Waals surface area contributed by atoms with E-state index in [1.54, 1.807) is 6.07 Å². The topological polar surface area (TPSA) is 83.4 Å². The third kappa shape index (κ3) is 6.49. The number of aryl methyl sites for hydroxylation is 1. The van der Waals surface area contributed by atoms with Crippen molar-refractivity contribution in [3.63, 3.8) is 0 Å². The first-order valence-corrected chi connectivity index (χ1v) is 7.46. The highest BCUT2D eigenvalue weighted by Crippen LogP contribution is 2.27. The molecule has 1 aliphatic carbocycles. The molecule has 0 saturated heterocycles. The normalized spacial score (nSPS) is 13.3. The Balaban J connectivity index is 0.00000242. The molecule has 1 saturated carbocycles. The van der Waals surface area contributed by atoms with Crippen LogP contribution in [0.25, 0.3) is 0 Å². The molecule has 2 rings (SSSR count). The zero-order chi connectivity index (χ0) is 15.1. The highest BCUT2D eigenvalue weighted by atomic mass is 35.5. The summed E-state index contributed by atoms with van der Waals surface area (Å²) in [5.41, 5.74) is 0.822. The summed E-state index contributed by atoms with van der Waals surface area (Å²) in [6.45, 7) is 4.20. The maximum absolute atomic E-state index is 11.7. The summed E-state index contributed by atoms with van der Waals surface area (Å²) in [6, 6.07) is 1.75. The Kier molecular flexibility index (Phi) is 7.98. The Hall–Kier alpha value is -1.53. The van der Waals surface area contributed by atoms with Crippen LogP contribution in [0.15, 0.2) is 16.7 Å². The highest BCUT2D eigenvalue weighted by Gasteiger charge is 2.20. The van der Waals surface area contributed by atoms with Gasteiger partial charge in [-0.2, -0.15) is 0 Å². The van der Waals surface area contributed by atoms with E-state index in [1.165, 1.54) is 19.1 Å². The van der Waals surface area contributed by atoms with Gasteiger partial charge in [0, 0.05) is 18.7 Å². The number of furan rings is 1. The Labute approximate surface area is 136 Å². The van der Waals surface area contributed by atoms with E-state index in [2.05, 4.69) is 16.0 Å². The van der Waals surface area contributed by atoms with Crippen molar-refractivity contribution in [2.45, 2.75) is 26.2 Å². The van der Waals surface area contributed by atoms with E-state index in [1.807, 2.05) is 6.92 Å². The number of hydrogen-bond donors (Lipinski definition) is 3. The van der Waals surface area contributed by atoms with Crippen molar-refractivity contribution in [1.82, 2.24) is 16.0 Å². The summed E-state index contributed by atoms with van der Waals surface area (Å²) in [5.74, 6) is 0.917. The van der Waals surface area contributed by atoms with Gasteiger partial charge in [0.25, 0.3) is 5.91 Å². The van der Waals surface area contributed by atoms with Crippen molar-refractivity contribution >= 4 is 24.2 Å². The fourth-order valence-corrected chi connectivity index (χ4v) is 1.98. The van der Waals surface area contributed by atoms with E-state index in [-0.39, 0.29) is 24.2 Å². The van der Waals surface area contributed by atoms with Gasteiger partial charge in [-0.05, 0) is 44.7 Å². The number of nitrogens with one attached hydrogen (secondary N) is 3. The summed E-state index contributed by atoms with van der Waals surface area (Å²) >= 11 is 0. The second-order valence-electron chi connectivity index (χ2n) is 5.47. The maximum Gasteiger partial charge on any atom is 0.287 e. The van der Waals surface area contributed by atoms with Crippen LogP contribution in [0.2, 0.25) is 0 Å². The summed E-state index contributed by atoms with van der Waals surface area (Å²) in [7, 11) is 0. The van der Waals surface area contributed by atoms with Gasteiger partial charge in [0.1, 0.15) is 0 Å². The van der Waals surface area contributed by atoms with Crippen LogP contribution in [-0.4, -0.2) is 38.0 Å². The van der Waals surface area contributed by atoms with Crippen molar-refractivity contribution in [2.75, 3.05) is 26.2 Å². The largest absolute Gasteiger partial charge is 0.459 e. The molecule has 0 aromatic carbocycles. The van der Waals surface area contributed by atoms with Crippen LogP contribution in [0.4, 0.5) is 0 Å². The third-order valence-electron chi connectivity index (χ3n) is 3.45. The average molecular weight is 330 g/mol. The molecule has 2 amide bonds. The first kappa shape index (κ1) is 18.5. The molecule has 22 heavy (non-hydrogen) atoms. The highest BCUT2D eigenvalue weighted by molar-refractivity contribution is 5.92. The molecular formula is C15H24ClN3O3. The van der Waals surface area contributed by atoms with Crippen molar-refractivity contribution in [2.24, 2.45) is 5.92 Å². The van der Waals surface area contributed by atoms with Gasteiger partial charge in [-0.25, -0.2) is 0 Å².